The topological polar surface area (TPSA) is 87.0 Å². The number of carbonyl (C=O) groups excluding carboxylic acids is 2. The van der Waals surface area contributed by atoms with Crippen LogP contribution in [0, 0.1) is 0 Å². The Morgan fingerprint density at radius 1 is 1.02 bits per heavy atom. The molecule has 0 saturated carbocycles. The number of aromatic nitrogens is 1. The second-order valence-electron chi connectivity index (χ2n) is 8.87. The first kappa shape index (κ1) is 27.4. The van der Waals surface area contributed by atoms with Gasteiger partial charge in [0.25, 0.3) is 5.56 Å². The van der Waals surface area contributed by atoms with E-state index < -0.39 is 18.0 Å². The predicted molar refractivity (Wildman–Crippen MR) is 157 cm³/mol. The maximum atomic E-state index is 13.9. The summed E-state index contributed by atoms with van der Waals surface area (Å²) in [6.45, 7) is 3.29. The number of thioether (sulfide) groups is 1. The molecule has 1 aliphatic heterocycles. The number of benzene rings is 3. The summed E-state index contributed by atoms with van der Waals surface area (Å²) in [5, 5.41) is 0. The fourth-order valence-electron chi connectivity index (χ4n) is 4.49. The number of thiazole rings is 1. The van der Waals surface area contributed by atoms with E-state index in [2.05, 4.69) is 0 Å². The average Bonchev–Trinajstić information content (AvgIpc) is 3.27. The molecule has 0 bridgehead atoms. The van der Waals surface area contributed by atoms with Gasteiger partial charge in [-0.1, -0.05) is 65.9 Å². The van der Waals surface area contributed by atoms with Crippen molar-refractivity contribution in [3.8, 4) is 5.75 Å². The van der Waals surface area contributed by atoms with Gasteiger partial charge in [-0.3, -0.25) is 14.2 Å². The molecule has 40 heavy (non-hydrogen) atoms. The van der Waals surface area contributed by atoms with Gasteiger partial charge in [0, 0.05) is 17.4 Å². The number of fused-ring (bicyclic) bond motifs is 1. The van der Waals surface area contributed by atoms with E-state index in [4.69, 9.17) is 14.5 Å². The van der Waals surface area contributed by atoms with Crippen LogP contribution in [0.15, 0.2) is 99.1 Å². The van der Waals surface area contributed by atoms with Crippen molar-refractivity contribution in [3.63, 3.8) is 0 Å². The molecule has 2 heterocycles. The van der Waals surface area contributed by atoms with Crippen LogP contribution in [-0.4, -0.2) is 29.4 Å². The molecule has 0 radical (unpaired) electrons. The maximum Gasteiger partial charge on any atom is 0.338 e. The highest BCUT2D eigenvalue weighted by Crippen LogP contribution is 2.35. The van der Waals surface area contributed by atoms with Crippen molar-refractivity contribution in [2.45, 2.75) is 24.8 Å². The maximum absolute atomic E-state index is 13.9. The molecule has 4 aromatic rings. The molecular weight excluding hydrogens is 544 g/mol. The minimum atomic E-state index is -0.727. The molecule has 9 heteroatoms. The smallest absolute Gasteiger partial charge is 0.338 e. The standard InChI is InChI=1S/C31H26N2O5S2/c1-4-37-30(36)26-27(21-8-6-5-7-9-21)32-31-33(28(26)22-12-16-24(39-3)17-13-22)29(35)25(40-31)18-20-10-14-23(15-11-20)38-19(2)34/h5-18,28H,4H2,1-3H3/b25-18-/t28-/m0/s1. The van der Waals surface area contributed by atoms with Gasteiger partial charge in [0.2, 0.25) is 0 Å². The van der Waals surface area contributed by atoms with Crippen molar-refractivity contribution < 1.29 is 19.1 Å². The third-order valence-corrected chi connectivity index (χ3v) is 7.97. The fraction of sp³-hybridized carbons (Fsp3) is 0.161. The number of hydrogen-bond acceptors (Lipinski definition) is 8. The van der Waals surface area contributed by atoms with Crippen molar-refractivity contribution in [3.05, 3.63) is 121 Å². The van der Waals surface area contributed by atoms with Crippen LogP contribution in [0.5, 0.6) is 5.75 Å². The SMILES string of the molecule is CCOC(=O)C1=C(c2ccccc2)N=c2s/c(=C\c3ccc(OC(C)=O)cc3)c(=O)n2[C@H]1c1ccc(SC)cc1. The monoisotopic (exact) mass is 570 g/mol. The molecule has 3 aromatic carbocycles. The van der Waals surface area contributed by atoms with Crippen LogP contribution in [0.25, 0.3) is 11.8 Å². The Hall–Kier alpha value is -4.21. The summed E-state index contributed by atoms with van der Waals surface area (Å²) in [5.74, 6) is -0.496. The lowest BCUT2D eigenvalue weighted by atomic mass is 9.93. The lowest BCUT2D eigenvalue weighted by molar-refractivity contribution is -0.139. The van der Waals surface area contributed by atoms with E-state index >= 15 is 0 Å². The summed E-state index contributed by atoms with van der Waals surface area (Å²) in [6.07, 6.45) is 3.76. The fourth-order valence-corrected chi connectivity index (χ4v) is 5.90. The Bertz CT molecular complexity index is 1770. The Labute approximate surface area is 239 Å². The third-order valence-electron chi connectivity index (χ3n) is 6.24. The minimum Gasteiger partial charge on any atom is -0.463 e. The number of ether oxygens (including phenoxy) is 2. The molecular formula is C31H26N2O5S2. The highest BCUT2D eigenvalue weighted by atomic mass is 32.2. The van der Waals surface area contributed by atoms with Crippen LogP contribution in [0.1, 0.15) is 36.6 Å². The molecule has 1 atom stereocenters. The van der Waals surface area contributed by atoms with E-state index in [1.54, 1.807) is 53.6 Å². The molecule has 7 nitrogen and oxygen atoms in total. The molecule has 202 valence electrons. The van der Waals surface area contributed by atoms with Crippen molar-refractivity contribution in [2.24, 2.45) is 4.99 Å². The van der Waals surface area contributed by atoms with Gasteiger partial charge in [-0.05, 0) is 54.6 Å². The lowest BCUT2D eigenvalue weighted by Gasteiger charge is -2.26. The van der Waals surface area contributed by atoms with E-state index in [-0.39, 0.29) is 12.2 Å². The molecule has 0 spiro atoms. The average molecular weight is 571 g/mol. The van der Waals surface area contributed by atoms with E-state index in [0.717, 1.165) is 21.6 Å². The number of esters is 2. The van der Waals surface area contributed by atoms with Gasteiger partial charge >= 0.3 is 11.9 Å². The number of rotatable bonds is 7. The van der Waals surface area contributed by atoms with Crippen LogP contribution in [0.4, 0.5) is 0 Å². The third kappa shape index (κ3) is 5.57. The lowest BCUT2D eigenvalue weighted by Crippen LogP contribution is -2.40. The molecule has 0 saturated heterocycles. The van der Waals surface area contributed by atoms with Crippen LogP contribution in [0.3, 0.4) is 0 Å². The Kier molecular flexibility index (Phi) is 8.14. The highest BCUT2D eigenvalue weighted by molar-refractivity contribution is 7.98. The summed E-state index contributed by atoms with van der Waals surface area (Å²) in [4.78, 5) is 45.1. The van der Waals surface area contributed by atoms with Gasteiger partial charge in [0.05, 0.1) is 28.5 Å². The Balaban J connectivity index is 1.74. The largest absolute Gasteiger partial charge is 0.463 e. The number of carbonyl (C=O) groups is 2. The summed E-state index contributed by atoms with van der Waals surface area (Å²) in [6, 6.07) is 23.5. The molecule has 5 rings (SSSR count). The minimum absolute atomic E-state index is 0.191. The second kappa shape index (κ2) is 11.9. The first-order chi connectivity index (χ1) is 19.4. The Morgan fingerprint density at radius 3 is 2.35 bits per heavy atom. The highest BCUT2D eigenvalue weighted by Gasteiger charge is 2.35. The van der Waals surface area contributed by atoms with Gasteiger partial charge in [0.15, 0.2) is 4.80 Å². The van der Waals surface area contributed by atoms with Crippen molar-refractivity contribution >= 4 is 46.8 Å². The molecule has 0 N–H and O–H groups in total. The molecule has 0 aliphatic carbocycles. The van der Waals surface area contributed by atoms with E-state index in [1.807, 2.05) is 60.9 Å². The van der Waals surface area contributed by atoms with Crippen LogP contribution < -0.4 is 19.6 Å². The van der Waals surface area contributed by atoms with Crippen molar-refractivity contribution in [1.82, 2.24) is 4.57 Å². The molecule has 0 unspecified atom stereocenters. The van der Waals surface area contributed by atoms with Gasteiger partial charge in [-0.15, -0.1) is 11.8 Å². The molecule has 1 aromatic heterocycles. The van der Waals surface area contributed by atoms with Gasteiger partial charge in [0.1, 0.15) is 5.75 Å². The second-order valence-corrected chi connectivity index (χ2v) is 10.8. The first-order valence-electron chi connectivity index (χ1n) is 12.6. The normalized spacial score (nSPS) is 14.9. The molecule has 0 fully saturated rings. The van der Waals surface area contributed by atoms with Crippen LogP contribution in [0.2, 0.25) is 0 Å². The quantitative estimate of drug-likeness (QED) is 0.184. The summed E-state index contributed by atoms with van der Waals surface area (Å²) in [5.41, 5.74) is 2.83. The van der Waals surface area contributed by atoms with E-state index in [9.17, 15) is 14.4 Å². The zero-order valence-corrected chi connectivity index (χ0v) is 23.8. The zero-order chi connectivity index (χ0) is 28.2. The van der Waals surface area contributed by atoms with Crippen LogP contribution >= 0.6 is 23.1 Å². The van der Waals surface area contributed by atoms with Crippen molar-refractivity contribution in [1.29, 1.82) is 0 Å². The summed E-state index contributed by atoms with van der Waals surface area (Å²) in [7, 11) is 0. The number of nitrogens with zero attached hydrogens (tertiary/aromatic N) is 2. The van der Waals surface area contributed by atoms with Gasteiger partial charge < -0.3 is 9.47 Å². The summed E-state index contributed by atoms with van der Waals surface area (Å²) >= 11 is 2.87. The van der Waals surface area contributed by atoms with Gasteiger partial charge in [-0.2, -0.15) is 0 Å². The zero-order valence-electron chi connectivity index (χ0n) is 22.1. The van der Waals surface area contributed by atoms with Crippen molar-refractivity contribution in [2.75, 3.05) is 12.9 Å². The summed E-state index contributed by atoms with van der Waals surface area (Å²) < 4.78 is 12.7. The predicted octanol–water partition coefficient (Wildman–Crippen LogP) is 4.58. The first-order valence-corrected chi connectivity index (χ1v) is 14.6. The van der Waals surface area contributed by atoms with Crippen LogP contribution in [-0.2, 0) is 14.3 Å². The van der Waals surface area contributed by atoms with E-state index in [1.165, 1.54) is 18.3 Å². The van der Waals surface area contributed by atoms with Gasteiger partial charge in [-0.25, -0.2) is 9.79 Å². The number of hydrogen-bond donors (Lipinski definition) is 0. The molecule has 0 amide bonds. The Morgan fingerprint density at radius 2 is 1.73 bits per heavy atom. The molecule has 1 aliphatic rings. The van der Waals surface area contributed by atoms with E-state index in [0.29, 0.717) is 26.4 Å².